The van der Waals surface area contributed by atoms with E-state index in [1.165, 1.54) is 0 Å². The molecule has 0 bridgehead atoms. The number of aromatic nitrogens is 5. The van der Waals surface area contributed by atoms with Crippen LogP contribution in [0.3, 0.4) is 0 Å². The fraction of sp³-hybridized carbons (Fsp3) is 0.364. The molecule has 1 aromatic carbocycles. The van der Waals surface area contributed by atoms with Crippen molar-refractivity contribution in [3.8, 4) is 0 Å². The Morgan fingerprint density at radius 1 is 1.18 bits per heavy atom. The summed E-state index contributed by atoms with van der Waals surface area (Å²) in [5, 5.41) is 7.41. The molecule has 0 saturated carbocycles. The minimum absolute atomic E-state index is 0.115. The summed E-state index contributed by atoms with van der Waals surface area (Å²) in [7, 11) is 1.65. The van der Waals surface area contributed by atoms with Crippen LogP contribution >= 0.6 is 0 Å². The normalized spacial score (nSPS) is 12.1. The Balaban J connectivity index is 1.46. The zero-order chi connectivity index (χ0) is 23.8. The molecule has 0 unspecified atom stereocenters. The number of nitrogens with one attached hydrogen (secondary N) is 1. The smallest absolute Gasteiger partial charge is 0.383 e. The molecule has 0 aliphatic heterocycles. The fourth-order valence-electron chi connectivity index (χ4n) is 3.81. The first-order chi connectivity index (χ1) is 15.7. The summed E-state index contributed by atoms with van der Waals surface area (Å²) in [6.07, 6.45) is -2.23. The number of hydrogen-bond acceptors (Lipinski definition) is 5. The topological polar surface area (TPSA) is 86.3 Å². The number of halogens is 3. The van der Waals surface area contributed by atoms with E-state index in [0.717, 1.165) is 22.0 Å². The first-order valence-corrected chi connectivity index (χ1v) is 10.3. The van der Waals surface area contributed by atoms with Crippen molar-refractivity contribution in [2.75, 3.05) is 19.0 Å². The number of methoxy groups -OCH3 is 1. The second-order valence-electron chi connectivity index (χ2n) is 7.73. The van der Waals surface area contributed by atoms with Crippen LogP contribution in [-0.4, -0.2) is 43.8 Å². The molecule has 0 saturated heterocycles. The summed E-state index contributed by atoms with van der Waals surface area (Å²) in [6, 6.07) is 7.65. The molecule has 0 fully saturated rings. The molecule has 3 heterocycles. The molecule has 8 nitrogen and oxygen atoms in total. The van der Waals surface area contributed by atoms with Crippen LogP contribution in [0.4, 0.5) is 18.9 Å². The van der Waals surface area contributed by atoms with Gasteiger partial charge >= 0.3 is 6.18 Å². The number of rotatable bonds is 7. The van der Waals surface area contributed by atoms with E-state index in [0.29, 0.717) is 35.7 Å². The standard InChI is InChI=1S/C22H23F3N6O2/c1-13-17(14(2)31-21(26-13)28-20(29-31)22(23,24)25)5-7-19(32)27-16-4-6-18-15(12-16)8-9-30(18)10-11-33-3/h4,6,8-9,12H,5,7,10-11H2,1-3H3,(H,27,32). The van der Waals surface area contributed by atoms with Crippen molar-refractivity contribution in [2.45, 2.75) is 39.4 Å². The van der Waals surface area contributed by atoms with E-state index >= 15 is 0 Å². The highest BCUT2D eigenvalue weighted by Crippen LogP contribution is 2.27. The van der Waals surface area contributed by atoms with Gasteiger partial charge < -0.3 is 14.6 Å². The Bertz CT molecular complexity index is 1330. The minimum Gasteiger partial charge on any atom is -0.383 e. The molecule has 0 radical (unpaired) electrons. The summed E-state index contributed by atoms with van der Waals surface area (Å²) >= 11 is 0. The van der Waals surface area contributed by atoms with Crippen LogP contribution in [-0.2, 0) is 28.7 Å². The second kappa shape index (κ2) is 8.81. The van der Waals surface area contributed by atoms with Gasteiger partial charge in [0, 0.05) is 54.3 Å². The maximum Gasteiger partial charge on any atom is 0.453 e. The van der Waals surface area contributed by atoms with E-state index in [9.17, 15) is 18.0 Å². The molecule has 3 aromatic heterocycles. The van der Waals surface area contributed by atoms with Crippen molar-refractivity contribution in [1.29, 1.82) is 0 Å². The highest BCUT2D eigenvalue weighted by molar-refractivity contribution is 5.94. The van der Waals surface area contributed by atoms with Crippen LogP contribution in [0.2, 0.25) is 0 Å². The van der Waals surface area contributed by atoms with E-state index < -0.39 is 12.0 Å². The van der Waals surface area contributed by atoms with Crippen LogP contribution < -0.4 is 5.32 Å². The summed E-state index contributed by atoms with van der Waals surface area (Å²) in [6.45, 7) is 4.67. The average molecular weight is 460 g/mol. The predicted molar refractivity (Wildman–Crippen MR) is 116 cm³/mol. The van der Waals surface area contributed by atoms with Crippen molar-refractivity contribution in [3.05, 3.63) is 53.2 Å². The zero-order valence-corrected chi connectivity index (χ0v) is 18.4. The van der Waals surface area contributed by atoms with Gasteiger partial charge in [0.2, 0.25) is 5.91 Å². The Hall–Kier alpha value is -3.47. The lowest BCUT2D eigenvalue weighted by molar-refractivity contribution is -0.144. The van der Waals surface area contributed by atoms with Crippen LogP contribution in [0, 0.1) is 13.8 Å². The molecule has 174 valence electrons. The SMILES string of the molecule is COCCn1ccc2cc(NC(=O)CCc3c(C)nc4nc(C(F)(F)F)nn4c3C)ccc21. The first kappa shape index (κ1) is 22.7. The van der Waals surface area contributed by atoms with Crippen LogP contribution in [0.1, 0.15) is 29.2 Å². The van der Waals surface area contributed by atoms with Gasteiger partial charge in [0.05, 0.1) is 6.61 Å². The van der Waals surface area contributed by atoms with Crippen molar-refractivity contribution >= 4 is 28.3 Å². The highest BCUT2D eigenvalue weighted by Gasteiger charge is 2.37. The monoisotopic (exact) mass is 460 g/mol. The fourth-order valence-corrected chi connectivity index (χ4v) is 3.81. The summed E-state index contributed by atoms with van der Waals surface area (Å²) < 4.78 is 47.1. The number of nitrogens with zero attached hydrogens (tertiary/aromatic N) is 5. The van der Waals surface area contributed by atoms with Gasteiger partial charge in [0.1, 0.15) is 0 Å². The largest absolute Gasteiger partial charge is 0.453 e. The van der Waals surface area contributed by atoms with Gasteiger partial charge in [-0.2, -0.15) is 18.2 Å². The molecule has 1 amide bonds. The summed E-state index contributed by atoms with van der Waals surface area (Å²) in [5.74, 6) is -1.56. The predicted octanol–water partition coefficient (Wildman–Crippen LogP) is 3.93. The number of anilines is 1. The average Bonchev–Trinajstić information content (AvgIpc) is 3.36. The van der Waals surface area contributed by atoms with E-state index in [1.807, 2.05) is 30.5 Å². The molecular formula is C22H23F3N6O2. The van der Waals surface area contributed by atoms with Crippen molar-refractivity contribution in [3.63, 3.8) is 0 Å². The Morgan fingerprint density at radius 2 is 1.97 bits per heavy atom. The molecule has 0 aliphatic carbocycles. The lowest BCUT2D eigenvalue weighted by Crippen LogP contribution is -2.14. The van der Waals surface area contributed by atoms with Gasteiger partial charge in [-0.1, -0.05) is 0 Å². The molecular weight excluding hydrogens is 437 g/mol. The van der Waals surface area contributed by atoms with E-state index in [1.54, 1.807) is 21.0 Å². The zero-order valence-electron chi connectivity index (χ0n) is 18.4. The minimum atomic E-state index is -4.65. The Morgan fingerprint density at radius 3 is 2.70 bits per heavy atom. The summed E-state index contributed by atoms with van der Waals surface area (Å²) in [4.78, 5) is 20.2. The van der Waals surface area contributed by atoms with E-state index in [-0.39, 0.29) is 18.1 Å². The number of hydrogen-bond donors (Lipinski definition) is 1. The molecule has 0 aliphatic rings. The van der Waals surface area contributed by atoms with E-state index in [4.69, 9.17) is 4.74 Å². The quantitative estimate of drug-likeness (QED) is 0.452. The second-order valence-corrected chi connectivity index (χ2v) is 7.73. The van der Waals surface area contributed by atoms with Crippen LogP contribution in [0.15, 0.2) is 30.5 Å². The molecule has 1 N–H and O–H groups in total. The third-order valence-corrected chi connectivity index (χ3v) is 5.50. The molecule has 4 rings (SSSR count). The number of ether oxygens (including phenoxy) is 1. The van der Waals surface area contributed by atoms with E-state index in [2.05, 4.69) is 25.0 Å². The van der Waals surface area contributed by atoms with Gasteiger partial charge in [-0.25, -0.2) is 9.50 Å². The molecule has 11 heteroatoms. The number of benzene rings is 1. The molecule has 33 heavy (non-hydrogen) atoms. The van der Waals surface area contributed by atoms with Crippen molar-refractivity contribution in [1.82, 2.24) is 24.1 Å². The Labute approximate surface area is 187 Å². The number of amides is 1. The number of fused-ring (bicyclic) bond motifs is 2. The number of carbonyl (C=O) groups is 1. The van der Waals surface area contributed by atoms with Crippen molar-refractivity contribution < 1.29 is 22.7 Å². The lowest BCUT2D eigenvalue weighted by Gasteiger charge is -2.11. The maximum atomic E-state index is 12.9. The third-order valence-electron chi connectivity index (χ3n) is 5.50. The van der Waals surface area contributed by atoms with Crippen molar-refractivity contribution in [2.24, 2.45) is 0 Å². The first-order valence-electron chi connectivity index (χ1n) is 10.3. The van der Waals surface area contributed by atoms with Gasteiger partial charge in [0.25, 0.3) is 11.6 Å². The molecule has 0 spiro atoms. The van der Waals surface area contributed by atoms with Crippen LogP contribution in [0.25, 0.3) is 16.7 Å². The molecule has 4 aromatic rings. The number of alkyl halides is 3. The van der Waals surface area contributed by atoms with Gasteiger partial charge in [-0.15, -0.1) is 5.10 Å². The lowest BCUT2D eigenvalue weighted by atomic mass is 10.1. The van der Waals surface area contributed by atoms with Crippen LogP contribution in [0.5, 0.6) is 0 Å². The maximum absolute atomic E-state index is 12.9. The number of carbonyl (C=O) groups excluding carboxylic acids is 1. The highest BCUT2D eigenvalue weighted by atomic mass is 19.4. The molecule has 0 atom stereocenters. The number of aryl methyl sites for hydroxylation is 2. The Kier molecular flexibility index (Phi) is 6.07. The summed E-state index contributed by atoms with van der Waals surface area (Å²) in [5.41, 5.74) is 3.38. The van der Waals surface area contributed by atoms with Gasteiger partial charge in [0.15, 0.2) is 0 Å². The van der Waals surface area contributed by atoms with Gasteiger partial charge in [-0.05, 0) is 50.1 Å². The van der Waals surface area contributed by atoms with Gasteiger partial charge in [-0.3, -0.25) is 4.79 Å². The third kappa shape index (κ3) is 4.68.